The van der Waals surface area contributed by atoms with Gasteiger partial charge in [0.2, 0.25) is 10.0 Å². The highest BCUT2D eigenvalue weighted by atomic mass is 79.9. The van der Waals surface area contributed by atoms with Crippen molar-refractivity contribution in [1.82, 2.24) is 10.0 Å². The van der Waals surface area contributed by atoms with Crippen LogP contribution in [0.4, 0.5) is 0 Å². The van der Waals surface area contributed by atoms with Gasteiger partial charge in [-0.1, -0.05) is 15.9 Å². The highest BCUT2D eigenvalue weighted by molar-refractivity contribution is 9.11. The molecule has 1 aromatic rings. The molecule has 2 rings (SSSR count). The molecular weight excluding hydrogens is 408 g/mol. The largest absolute Gasteiger partial charge is 0.317 e. The summed E-state index contributed by atoms with van der Waals surface area (Å²) in [7, 11) is -1.52. The maximum Gasteiger partial charge on any atom is 0.241 e. The molecule has 1 aliphatic carbocycles. The molecule has 0 unspecified atom stereocenters. The minimum absolute atomic E-state index is 0.0279. The van der Waals surface area contributed by atoms with Crippen LogP contribution in [0.25, 0.3) is 0 Å². The number of nitrogens with one attached hydrogen (secondary N) is 2. The van der Waals surface area contributed by atoms with E-state index in [1.54, 1.807) is 18.2 Å². The first kappa shape index (κ1) is 16.4. The smallest absolute Gasteiger partial charge is 0.241 e. The standard InChI is InChI=1S/C13H18Br2N2O2S/c1-16-10-3-5-11(6-4-10)17-20(18,19)13-7-2-9(14)8-12(13)15/h2,7-8,10-11,16-17H,3-6H2,1H3. The molecule has 112 valence electrons. The van der Waals surface area contributed by atoms with Crippen LogP contribution in [-0.4, -0.2) is 27.5 Å². The predicted octanol–water partition coefficient (Wildman–Crippen LogP) is 3.02. The molecule has 1 fully saturated rings. The number of hydrogen-bond acceptors (Lipinski definition) is 3. The first-order chi connectivity index (χ1) is 9.42. The highest BCUT2D eigenvalue weighted by Gasteiger charge is 2.26. The molecule has 0 bridgehead atoms. The Hall–Kier alpha value is 0.0500. The number of sulfonamides is 1. The van der Waals surface area contributed by atoms with E-state index in [0.717, 1.165) is 30.2 Å². The summed E-state index contributed by atoms with van der Waals surface area (Å²) >= 11 is 6.63. The zero-order chi connectivity index (χ0) is 14.8. The van der Waals surface area contributed by atoms with Crippen LogP contribution in [0.5, 0.6) is 0 Å². The van der Waals surface area contributed by atoms with Crippen LogP contribution >= 0.6 is 31.9 Å². The van der Waals surface area contributed by atoms with Gasteiger partial charge in [0.05, 0.1) is 4.90 Å². The zero-order valence-electron chi connectivity index (χ0n) is 11.2. The van der Waals surface area contributed by atoms with Crippen molar-refractivity contribution in [2.75, 3.05) is 7.05 Å². The van der Waals surface area contributed by atoms with Gasteiger partial charge < -0.3 is 5.32 Å². The van der Waals surface area contributed by atoms with Crippen molar-refractivity contribution in [3.8, 4) is 0 Å². The quantitative estimate of drug-likeness (QED) is 0.779. The summed E-state index contributed by atoms with van der Waals surface area (Å²) in [5.74, 6) is 0. The Kier molecular flexibility index (Phi) is 5.64. The second kappa shape index (κ2) is 6.87. The summed E-state index contributed by atoms with van der Waals surface area (Å²) in [5.41, 5.74) is 0. The van der Waals surface area contributed by atoms with Crippen LogP contribution < -0.4 is 10.0 Å². The van der Waals surface area contributed by atoms with Crippen LogP contribution in [0.15, 0.2) is 32.0 Å². The van der Waals surface area contributed by atoms with Crippen molar-refractivity contribution in [2.24, 2.45) is 0 Å². The molecule has 4 nitrogen and oxygen atoms in total. The van der Waals surface area contributed by atoms with Crippen molar-refractivity contribution in [3.05, 3.63) is 27.1 Å². The van der Waals surface area contributed by atoms with Crippen molar-refractivity contribution in [3.63, 3.8) is 0 Å². The summed E-state index contributed by atoms with van der Waals surface area (Å²) in [6.45, 7) is 0. The fourth-order valence-corrected chi connectivity index (χ4v) is 5.53. The van der Waals surface area contributed by atoms with E-state index < -0.39 is 10.0 Å². The average Bonchev–Trinajstić information content (AvgIpc) is 2.38. The van der Waals surface area contributed by atoms with E-state index in [4.69, 9.17) is 0 Å². The normalized spacial score (nSPS) is 23.8. The Balaban J connectivity index is 2.08. The van der Waals surface area contributed by atoms with Gasteiger partial charge in [-0.2, -0.15) is 0 Å². The molecule has 0 aliphatic heterocycles. The number of rotatable bonds is 4. The molecule has 2 N–H and O–H groups in total. The molecular formula is C13H18Br2N2O2S. The summed E-state index contributed by atoms with van der Waals surface area (Å²) in [4.78, 5) is 0.288. The number of hydrogen-bond donors (Lipinski definition) is 2. The Bertz CT molecular complexity index is 570. The lowest BCUT2D eigenvalue weighted by atomic mass is 9.92. The van der Waals surface area contributed by atoms with Crippen LogP contribution in [-0.2, 0) is 10.0 Å². The Labute approximate surface area is 137 Å². The second-order valence-corrected chi connectivity index (χ2v) is 8.49. The highest BCUT2D eigenvalue weighted by Crippen LogP contribution is 2.27. The molecule has 0 saturated heterocycles. The van der Waals surface area contributed by atoms with Crippen LogP contribution in [0.1, 0.15) is 25.7 Å². The molecule has 7 heteroatoms. The molecule has 20 heavy (non-hydrogen) atoms. The van der Waals surface area contributed by atoms with Crippen molar-refractivity contribution in [2.45, 2.75) is 42.7 Å². The minimum atomic E-state index is -3.47. The predicted molar refractivity (Wildman–Crippen MR) is 87.3 cm³/mol. The van der Waals surface area contributed by atoms with Crippen LogP contribution in [0, 0.1) is 0 Å². The first-order valence-electron chi connectivity index (χ1n) is 6.57. The minimum Gasteiger partial charge on any atom is -0.317 e. The van der Waals surface area contributed by atoms with E-state index >= 15 is 0 Å². The third-order valence-corrected chi connectivity index (χ3v) is 6.63. The molecule has 1 aliphatic rings. The Morgan fingerprint density at radius 3 is 2.25 bits per heavy atom. The molecule has 0 heterocycles. The van der Waals surface area contributed by atoms with E-state index in [2.05, 4.69) is 41.9 Å². The molecule has 0 amide bonds. The second-order valence-electron chi connectivity index (χ2n) is 5.03. The van der Waals surface area contributed by atoms with E-state index in [-0.39, 0.29) is 10.9 Å². The van der Waals surface area contributed by atoms with Gasteiger partial charge in [0.15, 0.2) is 0 Å². The number of benzene rings is 1. The van der Waals surface area contributed by atoms with Gasteiger partial charge in [0.1, 0.15) is 0 Å². The summed E-state index contributed by atoms with van der Waals surface area (Å²) in [6.07, 6.45) is 3.76. The third-order valence-electron chi connectivity index (χ3n) is 3.64. The Morgan fingerprint density at radius 2 is 1.70 bits per heavy atom. The summed E-state index contributed by atoms with van der Waals surface area (Å²) in [5, 5.41) is 3.24. The molecule has 0 atom stereocenters. The maximum absolute atomic E-state index is 12.4. The van der Waals surface area contributed by atoms with Crippen LogP contribution in [0.2, 0.25) is 0 Å². The fourth-order valence-electron chi connectivity index (χ4n) is 2.48. The lowest BCUT2D eigenvalue weighted by molar-refractivity contribution is 0.342. The topological polar surface area (TPSA) is 58.2 Å². The van der Waals surface area contributed by atoms with Gasteiger partial charge in [0, 0.05) is 21.0 Å². The average molecular weight is 426 g/mol. The molecule has 0 aromatic heterocycles. The van der Waals surface area contributed by atoms with E-state index in [1.807, 2.05) is 7.05 Å². The molecule has 0 spiro atoms. The zero-order valence-corrected chi connectivity index (χ0v) is 15.2. The van der Waals surface area contributed by atoms with E-state index in [0.29, 0.717) is 10.5 Å². The molecule has 1 aromatic carbocycles. The lowest BCUT2D eigenvalue weighted by Crippen LogP contribution is -2.41. The fraction of sp³-hybridized carbons (Fsp3) is 0.538. The monoisotopic (exact) mass is 424 g/mol. The summed E-state index contributed by atoms with van der Waals surface area (Å²) in [6, 6.07) is 5.62. The van der Waals surface area contributed by atoms with Crippen molar-refractivity contribution in [1.29, 1.82) is 0 Å². The maximum atomic E-state index is 12.4. The van der Waals surface area contributed by atoms with Crippen molar-refractivity contribution < 1.29 is 8.42 Å². The van der Waals surface area contributed by atoms with Gasteiger partial charge in [-0.25, -0.2) is 13.1 Å². The summed E-state index contributed by atoms with van der Waals surface area (Å²) < 4.78 is 29.1. The Morgan fingerprint density at radius 1 is 1.10 bits per heavy atom. The van der Waals surface area contributed by atoms with E-state index in [9.17, 15) is 8.42 Å². The molecule has 0 radical (unpaired) electrons. The SMILES string of the molecule is CNC1CCC(NS(=O)(=O)c2ccc(Br)cc2Br)CC1. The molecule has 1 saturated carbocycles. The van der Waals surface area contributed by atoms with Gasteiger partial charge >= 0.3 is 0 Å². The van der Waals surface area contributed by atoms with Crippen molar-refractivity contribution >= 4 is 41.9 Å². The van der Waals surface area contributed by atoms with Gasteiger partial charge in [-0.3, -0.25) is 0 Å². The lowest BCUT2D eigenvalue weighted by Gasteiger charge is -2.28. The van der Waals surface area contributed by atoms with Gasteiger partial charge in [0.25, 0.3) is 0 Å². The van der Waals surface area contributed by atoms with E-state index in [1.165, 1.54) is 0 Å². The van der Waals surface area contributed by atoms with Gasteiger partial charge in [-0.05, 0) is 66.9 Å². The number of halogens is 2. The van der Waals surface area contributed by atoms with Crippen LogP contribution in [0.3, 0.4) is 0 Å². The first-order valence-corrected chi connectivity index (χ1v) is 9.64. The third kappa shape index (κ3) is 4.04. The van der Waals surface area contributed by atoms with Gasteiger partial charge in [-0.15, -0.1) is 0 Å².